The summed E-state index contributed by atoms with van der Waals surface area (Å²) in [4.78, 5) is 0. The first-order valence-electron chi connectivity index (χ1n) is 4.31. The van der Waals surface area contributed by atoms with Crippen LogP contribution in [0.2, 0.25) is 0 Å². The summed E-state index contributed by atoms with van der Waals surface area (Å²) >= 11 is 0. The van der Waals surface area contributed by atoms with Crippen LogP contribution in [0.4, 0.5) is 0 Å². The van der Waals surface area contributed by atoms with Gasteiger partial charge in [0.15, 0.2) is 0 Å². The van der Waals surface area contributed by atoms with Gasteiger partial charge >= 0.3 is 0 Å². The summed E-state index contributed by atoms with van der Waals surface area (Å²) in [6, 6.07) is 0. The zero-order valence-electron chi connectivity index (χ0n) is 7.27. The first kappa shape index (κ1) is 8.54. The van der Waals surface area contributed by atoms with Crippen LogP contribution in [0.15, 0.2) is 23.8 Å². The van der Waals surface area contributed by atoms with E-state index in [0.29, 0.717) is 6.54 Å². The summed E-state index contributed by atoms with van der Waals surface area (Å²) in [7, 11) is 0. The quantitative estimate of drug-likeness (QED) is 0.643. The zero-order chi connectivity index (χ0) is 8.27. The van der Waals surface area contributed by atoms with Gasteiger partial charge in [-0.15, -0.1) is 0 Å². The van der Waals surface area contributed by atoms with Gasteiger partial charge in [-0.05, 0) is 30.8 Å². The molecule has 11 heavy (non-hydrogen) atoms. The minimum absolute atomic E-state index is 0.716. The maximum absolute atomic E-state index is 5.61. The van der Waals surface area contributed by atoms with E-state index >= 15 is 0 Å². The average molecular weight is 151 g/mol. The molecule has 0 amide bonds. The zero-order valence-corrected chi connectivity index (χ0v) is 7.27. The van der Waals surface area contributed by atoms with Crippen LogP contribution in [0.5, 0.6) is 0 Å². The van der Waals surface area contributed by atoms with Crippen molar-refractivity contribution in [2.45, 2.75) is 26.2 Å². The van der Waals surface area contributed by atoms with E-state index in [1.165, 1.54) is 30.4 Å². The van der Waals surface area contributed by atoms with Gasteiger partial charge in [0.25, 0.3) is 0 Å². The second kappa shape index (κ2) is 3.72. The fraction of sp³-hybridized carbons (Fsp3) is 0.600. The van der Waals surface area contributed by atoms with Crippen LogP contribution >= 0.6 is 0 Å². The lowest BCUT2D eigenvalue weighted by atomic mass is 9.85. The van der Waals surface area contributed by atoms with Gasteiger partial charge in [-0.1, -0.05) is 25.2 Å². The Hall–Kier alpha value is -0.560. The van der Waals surface area contributed by atoms with Gasteiger partial charge in [0.1, 0.15) is 0 Å². The number of nitrogens with two attached hydrogens (primary N) is 1. The number of hydrogen-bond acceptors (Lipinski definition) is 1. The van der Waals surface area contributed by atoms with Gasteiger partial charge in [-0.25, -0.2) is 0 Å². The molecular weight excluding hydrogens is 134 g/mol. The summed E-state index contributed by atoms with van der Waals surface area (Å²) in [5.74, 6) is 0.818. The van der Waals surface area contributed by atoms with Crippen molar-refractivity contribution in [3.8, 4) is 0 Å². The third-order valence-corrected chi connectivity index (χ3v) is 2.45. The van der Waals surface area contributed by atoms with E-state index in [0.717, 1.165) is 5.92 Å². The summed E-state index contributed by atoms with van der Waals surface area (Å²) in [6.07, 6.45) is 5.62. The molecule has 1 atom stereocenters. The summed E-state index contributed by atoms with van der Waals surface area (Å²) < 4.78 is 0. The molecule has 0 fully saturated rings. The molecule has 1 aliphatic carbocycles. The van der Waals surface area contributed by atoms with E-state index in [9.17, 15) is 0 Å². The van der Waals surface area contributed by atoms with Gasteiger partial charge in [-0.3, -0.25) is 0 Å². The normalized spacial score (nSPS) is 25.5. The fourth-order valence-corrected chi connectivity index (χ4v) is 1.66. The van der Waals surface area contributed by atoms with Gasteiger partial charge in [0, 0.05) is 6.54 Å². The molecule has 1 aliphatic rings. The minimum Gasteiger partial charge on any atom is -0.327 e. The SMILES string of the molecule is C=CC1=C(CN)CCC(C)C1. The van der Waals surface area contributed by atoms with Gasteiger partial charge in [0.05, 0.1) is 0 Å². The van der Waals surface area contributed by atoms with E-state index < -0.39 is 0 Å². The van der Waals surface area contributed by atoms with Crippen LogP contribution < -0.4 is 5.73 Å². The third kappa shape index (κ3) is 1.93. The van der Waals surface area contributed by atoms with Crippen molar-refractivity contribution in [1.29, 1.82) is 0 Å². The van der Waals surface area contributed by atoms with Crippen LogP contribution in [0, 0.1) is 5.92 Å². The molecule has 0 saturated carbocycles. The van der Waals surface area contributed by atoms with Gasteiger partial charge in [-0.2, -0.15) is 0 Å². The number of rotatable bonds is 2. The first-order valence-corrected chi connectivity index (χ1v) is 4.31. The third-order valence-electron chi connectivity index (χ3n) is 2.45. The summed E-state index contributed by atoms with van der Waals surface area (Å²) in [5.41, 5.74) is 8.42. The molecule has 0 aromatic heterocycles. The lowest BCUT2D eigenvalue weighted by Gasteiger charge is -2.22. The predicted octanol–water partition coefficient (Wildman–Crippen LogP) is 2.25. The molecule has 0 heterocycles. The maximum atomic E-state index is 5.61. The van der Waals surface area contributed by atoms with Crippen molar-refractivity contribution in [1.82, 2.24) is 0 Å². The highest BCUT2D eigenvalue weighted by Gasteiger charge is 2.14. The molecule has 0 spiro atoms. The highest BCUT2D eigenvalue weighted by Crippen LogP contribution is 2.28. The van der Waals surface area contributed by atoms with Crippen molar-refractivity contribution in [3.05, 3.63) is 23.8 Å². The maximum Gasteiger partial charge on any atom is 0.0142 e. The number of allylic oxidation sites excluding steroid dienone is 2. The Labute approximate surface area is 69.0 Å². The van der Waals surface area contributed by atoms with E-state index in [4.69, 9.17) is 5.73 Å². The van der Waals surface area contributed by atoms with E-state index in [-0.39, 0.29) is 0 Å². The van der Waals surface area contributed by atoms with Crippen LogP contribution in [0.1, 0.15) is 26.2 Å². The lowest BCUT2D eigenvalue weighted by molar-refractivity contribution is 0.499. The van der Waals surface area contributed by atoms with Crippen LogP contribution in [0.25, 0.3) is 0 Å². The molecule has 0 aliphatic heterocycles. The number of hydrogen-bond donors (Lipinski definition) is 1. The molecule has 1 heteroatoms. The topological polar surface area (TPSA) is 26.0 Å². The molecule has 0 aromatic rings. The highest BCUT2D eigenvalue weighted by atomic mass is 14.5. The van der Waals surface area contributed by atoms with Crippen LogP contribution in [0.3, 0.4) is 0 Å². The summed E-state index contributed by atoms with van der Waals surface area (Å²) in [6.45, 7) is 6.81. The van der Waals surface area contributed by atoms with Crippen molar-refractivity contribution >= 4 is 0 Å². The van der Waals surface area contributed by atoms with Crippen molar-refractivity contribution < 1.29 is 0 Å². The van der Waals surface area contributed by atoms with Gasteiger partial charge in [0.2, 0.25) is 0 Å². The standard InChI is InChI=1S/C10H17N/c1-3-9-6-8(2)4-5-10(9)7-11/h3,8H,1,4-7,11H2,2H3. The van der Waals surface area contributed by atoms with E-state index in [1.54, 1.807) is 0 Å². The predicted molar refractivity (Wildman–Crippen MR) is 49.3 cm³/mol. The Balaban J connectivity index is 2.74. The van der Waals surface area contributed by atoms with Crippen molar-refractivity contribution in [2.75, 3.05) is 6.54 Å². The van der Waals surface area contributed by atoms with Crippen LogP contribution in [-0.2, 0) is 0 Å². The highest BCUT2D eigenvalue weighted by molar-refractivity contribution is 5.27. The van der Waals surface area contributed by atoms with E-state index in [1.807, 2.05) is 6.08 Å². The first-order chi connectivity index (χ1) is 5.27. The molecule has 0 saturated heterocycles. The molecule has 1 unspecified atom stereocenters. The molecule has 1 nitrogen and oxygen atoms in total. The second-order valence-electron chi connectivity index (χ2n) is 3.39. The fourth-order valence-electron chi connectivity index (χ4n) is 1.66. The Bertz CT molecular complexity index is 179. The van der Waals surface area contributed by atoms with Crippen molar-refractivity contribution in [3.63, 3.8) is 0 Å². The Morgan fingerprint density at radius 2 is 2.45 bits per heavy atom. The molecule has 0 aromatic carbocycles. The molecule has 1 rings (SSSR count). The lowest BCUT2D eigenvalue weighted by Crippen LogP contribution is -2.13. The van der Waals surface area contributed by atoms with E-state index in [2.05, 4.69) is 13.5 Å². The van der Waals surface area contributed by atoms with Crippen LogP contribution in [-0.4, -0.2) is 6.54 Å². The summed E-state index contributed by atoms with van der Waals surface area (Å²) in [5, 5.41) is 0. The Morgan fingerprint density at radius 3 is 3.00 bits per heavy atom. The Kier molecular flexibility index (Phi) is 2.89. The monoisotopic (exact) mass is 151 g/mol. The largest absolute Gasteiger partial charge is 0.327 e. The molecular formula is C10H17N. The smallest absolute Gasteiger partial charge is 0.0142 e. The molecule has 2 N–H and O–H groups in total. The Morgan fingerprint density at radius 1 is 1.73 bits per heavy atom. The minimum atomic E-state index is 0.716. The van der Waals surface area contributed by atoms with Crippen molar-refractivity contribution in [2.24, 2.45) is 11.7 Å². The molecule has 62 valence electrons. The van der Waals surface area contributed by atoms with Gasteiger partial charge < -0.3 is 5.73 Å². The molecule has 0 bridgehead atoms. The molecule has 0 radical (unpaired) electrons. The average Bonchev–Trinajstić information content (AvgIpc) is 2.04. The second-order valence-corrected chi connectivity index (χ2v) is 3.39.